The number of anilines is 2. The fourth-order valence-electron chi connectivity index (χ4n) is 11.5. The predicted octanol–water partition coefficient (Wildman–Crippen LogP) is 10.3. The normalized spacial score (nSPS) is 20.3. The molecule has 6 aromatic rings. The average Bonchev–Trinajstić information content (AvgIpc) is 3.73. The Morgan fingerprint density at radius 1 is 0.885 bits per heavy atom. The zero-order valence-corrected chi connectivity index (χ0v) is 44.2. The van der Waals surface area contributed by atoms with Crippen LogP contribution >= 0.6 is 11.6 Å². The van der Waals surface area contributed by atoms with Gasteiger partial charge in [0.2, 0.25) is 0 Å². The van der Waals surface area contributed by atoms with Crippen LogP contribution in [0.5, 0.6) is 23.0 Å². The largest absolute Gasteiger partial charge is 0.497 e. The highest BCUT2D eigenvalue weighted by molar-refractivity contribution is 6.33. The topological polar surface area (TPSA) is 131 Å². The summed E-state index contributed by atoms with van der Waals surface area (Å²) in [4.78, 5) is 24.3. The van der Waals surface area contributed by atoms with E-state index < -0.39 is 62.5 Å². The third-order valence-corrected chi connectivity index (χ3v) is 16.0. The minimum Gasteiger partial charge on any atom is -0.497 e. The van der Waals surface area contributed by atoms with Gasteiger partial charge in [-0.1, -0.05) is 48.0 Å². The van der Waals surface area contributed by atoms with Crippen molar-refractivity contribution >= 4 is 29.1 Å². The molecule has 14 nitrogen and oxygen atoms in total. The highest BCUT2D eigenvalue weighted by Crippen LogP contribution is 2.69. The maximum atomic E-state index is 18.4. The first-order chi connectivity index (χ1) is 37.4. The second-order valence-corrected chi connectivity index (χ2v) is 20.8. The second-order valence-electron chi connectivity index (χ2n) is 20.5. The van der Waals surface area contributed by atoms with Crippen LogP contribution in [0, 0.1) is 18.2 Å². The summed E-state index contributed by atoms with van der Waals surface area (Å²) in [5, 5.41) is 6.11. The maximum Gasteiger partial charge on any atom is 0.418 e. The molecule has 2 saturated heterocycles. The molecule has 21 heteroatoms. The number of hydrogen-bond acceptors (Lipinski definition) is 14. The van der Waals surface area contributed by atoms with Gasteiger partial charge in [-0.2, -0.15) is 13.2 Å². The molecule has 2 aromatic heterocycles. The molecule has 1 spiro atoms. The Morgan fingerprint density at radius 2 is 1.50 bits per heavy atom. The number of rotatable bonds is 17. The summed E-state index contributed by atoms with van der Waals surface area (Å²) in [6, 6.07) is 22.5. The Labute approximate surface area is 451 Å². The molecule has 78 heavy (non-hydrogen) atoms. The molecule has 11 rings (SSSR count). The molecule has 4 aliphatic heterocycles. The number of halogens is 7. The van der Waals surface area contributed by atoms with Gasteiger partial charge in [0, 0.05) is 45.0 Å². The van der Waals surface area contributed by atoms with Crippen LogP contribution in [0.25, 0.3) is 17.1 Å². The fourth-order valence-corrected chi connectivity index (χ4v) is 11.8. The monoisotopic (exact) mass is 1100 g/mol. The van der Waals surface area contributed by atoms with Crippen LogP contribution in [0.4, 0.5) is 38.0 Å². The molecule has 1 unspecified atom stereocenters. The van der Waals surface area contributed by atoms with E-state index in [1.807, 2.05) is 55.5 Å². The van der Waals surface area contributed by atoms with Crippen molar-refractivity contribution in [3.63, 3.8) is 0 Å². The molecular weight excluding hydrogens is 1040 g/mol. The molecule has 2 N–H and O–H groups in total. The van der Waals surface area contributed by atoms with Gasteiger partial charge in [-0.25, -0.2) is 23.1 Å². The Morgan fingerprint density at radius 3 is 2.10 bits per heavy atom. The smallest absolute Gasteiger partial charge is 0.418 e. The first-order valence-corrected chi connectivity index (χ1v) is 25.9. The summed E-state index contributed by atoms with van der Waals surface area (Å²) in [7, 11) is 4.68. The number of pyridine rings is 1. The maximum absolute atomic E-state index is 18.4. The zero-order chi connectivity index (χ0) is 54.7. The van der Waals surface area contributed by atoms with Gasteiger partial charge in [-0.05, 0) is 104 Å². The van der Waals surface area contributed by atoms with Crippen LogP contribution in [-0.2, 0) is 30.5 Å². The summed E-state index contributed by atoms with van der Waals surface area (Å²) in [5.74, 6) is -2.25. The van der Waals surface area contributed by atoms with Crippen molar-refractivity contribution in [3.8, 4) is 34.3 Å². The highest BCUT2D eigenvalue weighted by Gasteiger charge is 2.77. The van der Waals surface area contributed by atoms with Gasteiger partial charge < -0.3 is 44.1 Å². The molecule has 1 aliphatic carbocycles. The molecule has 3 fully saturated rings. The Kier molecular flexibility index (Phi) is 13.8. The number of aryl methyl sites for hydroxylation is 1. The standard InChI is InChI=1S/C57H56ClF6N9O5/c1-33-23-41(71(25-36-9-15-39(75-4)16-10-36)26-37-11-17-40(76-5)18-12-37)70-49(45(33)57(62,63)64)43-46(58)50-44-51(47(43)59)78-42(77-31-55-19-6-22-72(55)30-54(28-55)29-56(54,60)61)27-73(53(44)69-32-68-50)34(2)48-52(66-21-20-65-48)67-24-35-7-13-38(74-3)14-8-35/h7-18,20-21,23,27,34,69H,6,19,22,24-26,28-32H2,1-5H3,(H,66,67)/t34?,54-,55+/m1/s1. The number of aromatic nitrogens is 3. The molecule has 0 amide bonds. The van der Waals surface area contributed by atoms with Gasteiger partial charge >= 0.3 is 12.1 Å². The molecule has 6 heterocycles. The van der Waals surface area contributed by atoms with E-state index in [4.69, 9.17) is 45.3 Å². The van der Waals surface area contributed by atoms with Crippen LogP contribution < -0.4 is 45.1 Å². The van der Waals surface area contributed by atoms with Gasteiger partial charge in [0.15, 0.2) is 11.6 Å². The van der Waals surface area contributed by atoms with Crippen LogP contribution in [-0.4, -0.2) is 83.9 Å². The Balaban J connectivity index is 1.05. The van der Waals surface area contributed by atoms with Crippen LogP contribution in [0.2, 0.25) is 5.02 Å². The van der Waals surface area contributed by atoms with Gasteiger partial charge in [-0.15, -0.1) is 0 Å². The molecule has 5 aliphatic rings. The summed E-state index contributed by atoms with van der Waals surface area (Å²) >= 11 is 7.30. The van der Waals surface area contributed by atoms with Crippen LogP contribution in [0.1, 0.15) is 72.2 Å². The summed E-state index contributed by atoms with van der Waals surface area (Å²) in [5.41, 5.74) is -1.97. The number of ether oxygens (including phenoxy) is 5. The average molecular weight is 1100 g/mol. The quantitative estimate of drug-likeness (QED) is 0.0842. The van der Waals surface area contributed by atoms with Crippen LogP contribution in [0.15, 0.2) is 108 Å². The highest BCUT2D eigenvalue weighted by atomic mass is 35.5. The van der Waals surface area contributed by atoms with Crippen molar-refractivity contribution in [2.75, 3.05) is 57.9 Å². The van der Waals surface area contributed by atoms with E-state index >= 15 is 26.3 Å². The van der Waals surface area contributed by atoms with Crippen molar-refractivity contribution in [2.45, 2.75) is 82.8 Å². The summed E-state index contributed by atoms with van der Waals surface area (Å²) in [6.45, 7) is 4.38. The van der Waals surface area contributed by atoms with E-state index in [-0.39, 0.29) is 79.5 Å². The SMILES string of the molecule is COc1ccc(CNc2nccnc2C(C)N2C=C(OC[C@@]34CCCN3C[C@]3(CC3(F)F)C4)Oc3c(F)c(-c4nc(N(Cc5ccc(OC)cc5)Cc5ccc(OC)cc5)cc(C)c4C(F)(F)F)c(Cl)c4c3=C2NCN=4)cc1. The first-order valence-electron chi connectivity index (χ1n) is 25.5. The fraction of sp³-hybridized carbons (Fsp3) is 0.368. The van der Waals surface area contributed by atoms with Crippen LogP contribution in [0.3, 0.4) is 0 Å². The Bertz CT molecular complexity index is 3380. The summed E-state index contributed by atoms with van der Waals surface area (Å²) in [6.07, 6.45) is 0.813. The number of alkyl halides is 5. The number of benzene rings is 4. The lowest BCUT2D eigenvalue weighted by molar-refractivity contribution is -0.137. The van der Waals surface area contributed by atoms with E-state index in [0.717, 1.165) is 23.1 Å². The number of methoxy groups -OCH3 is 3. The molecule has 0 radical (unpaired) electrons. The molecule has 0 bridgehead atoms. The number of fused-ring (bicyclic) bond motifs is 1. The third-order valence-electron chi connectivity index (χ3n) is 15.6. The minimum atomic E-state index is -5.06. The zero-order valence-electron chi connectivity index (χ0n) is 43.4. The number of nitrogens with zero attached hydrogens (tertiary/aromatic N) is 7. The number of nitrogens with one attached hydrogen (secondary N) is 2. The van der Waals surface area contributed by atoms with Crippen molar-refractivity contribution < 1.29 is 50.0 Å². The van der Waals surface area contributed by atoms with Crippen molar-refractivity contribution in [2.24, 2.45) is 10.4 Å². The second kappa shape index (κ2) is 20.4. The lowest BCUT2D eigenvalue weighted by Crippen LogP contribution is -2.45. The van der Waals surface area contributed by atoms with E-state index in [1.165, 1.54) is 25.4 Å². The molecule has 1 saturated carbocycles. The van der Waals surface area contributed by atoms with Gasteiger partial charge in [0.1, 0.15) is 53.7 Å². The molecular formula is C57H56ClF6N9O5. The molecule has 408 valence electrons. The molecule has 3 atom stereocenters. The molecule has 4 aromatic carbocycles. The van der Waals surface area contributed by atoms with Gasteiger partial charge in [0.05, 0.1) is 76.9 Å². The lowest BCUT2D eigenvalue weighted by Gasteiger charge is -2.33. The van der Waals surface area contributed by atoms with Crippen molar-refractivity contribution in [1.29, 1.82) is 0 Å². The minimum absolute atomic E-state index is 0.00833. The van der Waals surface area contributed by atoms with E-state index in [1.54, 1.807) is 61.6 Å². The van der Waals surface area contributed by atoms with Gasteiger partial charge in [0.25, 0.3) is 5.92 Å². The predicted molar refractivity (Wildman–Crippen MR) is 280 cm³/mol. The first kappa shape index (κ1) is 52.6. The van der Waals surface area contributed by atoms with E-state index in [9.17, 15) is 0 Å². The van der Waals surface area contributed by atoms with Crippen molar-refractivity contribution in [3.05, 3.63) is 158 Å². The Hall–Kier alpha value is -7.45. The van der Waals surface area contributed by atoms with E-state index in [0.29, 0.717) is 48.3 Å². The third kappa shape index (κ3) is 9.70. The number of hydrogen-bond donors (Lipinski definition) is 2. The van der Waals surface area contributed by atoms with E-state index in [2.05, 4.69) is 25.5 Å². The lowest BCUT2D eigenvalue weighted by atomic mass is 9.89. The summed E-state index contributed by atoms with van der Waals surface area (Å²) < 4.78 is 125. The van der Waals surface area contributed by atoms with Gasteiger partial charge in [-0.3, -0.25) is 14.9 Å². The van der Waals surface area contributed by atoms with Crippen molar-refractivity contribution in [1.82, 2.24) is 30.1 Å².